The van der Waals surface area contributed by atoms with E-state index in [9.17, 15) is 4.79 Å². The molecular formula is C13H15BrN4O. The average molecular weight is 323 g/mol. The summed E-state index contributed by atoms with van der Waals surface area (Å²) < 4.78 is 0.887. The maximum atomic E-state index is 10.7. The average Bonchev–Trinajstić information content (AvgIpc) is 2.37. The Hall–Kier alpha value is -1.82. The fourth-order valence-corrected chi connectivity index (χ4v) is 2.18. The molecule has 100 valence electrons. The monoisotopic (exact) mass is 322 g/mol. The van der Waals surface area contributed by atoms with E-state index in [4.69, 9.17) is 11.5 Å². The number of hydrogen-bond donors (Lipinski definition) is 3. The number of halogens is 1. The molecule has 2 aromatic rings. The van der Waals surface area contributed by atoms with Gasteiger partial charge in [0.25, 0.3) is 0 Å². The number of carbonyl (C=O) groups is 1. The molecule has 6 heteroatoms. The number of amides is 1. The fraction of sp³-hybridized carbons (Fsp3) is 0.231. The van der Waals surface area contributed by atoms with E-state index in [0.717, 1.165) is 21.1 Å². The number of nitrogens with one attached hydrogen (secondary N) is 1. The Morgan fingerprint density at radius 1 is 1.42 bits per heavy atom. The molecule has 0 fully saturated rings. The molecule has 0 aliphatic rings. The Bertz CT molecular complexity index is 615. The Morgan fingerprint density at radius 2 is 2.21 bits per heavy atom. The van der Waals surface area contributed by atoms with Crippen LogP contribution in [0.25, 0.3) is 10.9 Å². The maximum Gasteiger partial charge on any atom is 0.217 e. The molecule has 1 aromatic heterocycles. The zero-order valence-corrected chi connectivity index (χ0v) is 11.9. The fourth-order valence-electron chi connectivity index (χ4n) is 1.84. The molecule has 0 aliphatic heterocycles. The van der Waals surface area contributed by atoms with Crippen molar-refractivity contribution >= 4 is 44.1 Å². The van der Waals surface area contributed by atoms with Crippen molar-refractivity contribution in [3.63, 3.8) is 0 Å². The zero-order valence-electron chi connectivity index (χ0n) is 10.3. The van der Waals surface area contributed by atoms with E-state index >= 15 is 0 Å². The van der Waals surface area contributed by atoms with Crippen LogP contribution in [0.1, 0.15) is 12.8 Å². The number of aromatic nitrogens is 1. The van der Waals surface area contributed by atoms with Crippen molar-refractivity contribution < 1.29 is 4.79 Å². The maximum absolute atomic E-state index is 10.7. The van der Waals surface area contributed by atoms with Crippen molar-refractivity contribution in [2.24, 2.45) is 5.73 Å². The SMILES string of the molecule is NC(=O)CCCNc1ccc(N)c2cc(Br)cnc12. The lowest BCUT2D eigenvalue weighted by Gasteiger charge is -2.10. The first-order chi connectivity index (χ1) is 9.08. The molecule has 5 nitrogen and oxygen atoms in total. The van der Waals surface area contributed by atoms with Crippen LogP contribution in [0.2, 0.25) is 0 Å². The van der Waals surface area contributed by atoms with Crippen LogP contribution >= 0.6 is 15.9 Å². The number of hydrogen-bond acceptors (Lipinski definition) is 4. The third-order valence-electron chi connectivity index (χ3n) is 2.77. The van der Waals surface area contributed by atoms with Crippen LogP contribution in [0, 0.1) is 0 Å². The smallest absolute Gasteiger partial charge is 0.217 e. The first-order valence-corrected chi connectivity index (χ1v) is 6.73. The summed E-state index contributed by atoms with van der Waals surface area (Å²) in [7, 11) is 0. The van der Waals surface area contributed by atoms with Gasteiger partial charge in [-0.05, 0) is 40.5 Å². The van der Waals surface area contributed by atoms with E-state index in [1.807, 2.05) is 18.2 Å². The molecular weight excluding hydrogens is 308 g/mol. The van der Waals surface area contributed by atoms with E-state index in [0.29, 0.717) is 25.1 Å². The van der Waals surface area contributed by atoms with Crippen molar-refractivity contribution in [3.8, 4) is 0 Å². The zero-order chi connectivity index (χ0) is 13.8. The third kappa shape index (κ3) is 3.35. The van der Waals surface area contributed by atoms with Crippen LogP contribution in [0.5, 0.6) is 0 Å². The van der Waals surface area contributed by atoms with E-state index < -0.39 is 0 Å². The second kappa shape index (κ2) is 5.88. The number of anilines is 2. The lowest BCUT2D eigenvalue weighted by Crippen LogP contribution is -2.12. The number of nitrogens with zero attached hydrogens (tertiary/aromatic N) is 1. The number of primary amides is 1. The lowest BCUT2D eigenvalue weighted by atomic mass is 10.1. The number of rotatable bonds is 5. The largest absolute Gasteiger partial charge is 0.398 e. The van der Waals surface area contributed by atoms with Crippen LogP contribution in [-0.4, -0.2) is 17.4 Å². The molecule has 0 saturated heterocycles. The molecule has 0 saturated carbocycles. The van der Waals surface area contributed by atoms with Crippen molar-refractivity contribution in [2.75, 3.05) is 17.6 Å². The van der Waals surface area contributed by atoms with Gasteiger partial charge < -0.3 is 16.8 Å². The highest BCUT2D eigenvalue weighted by Crippen LogP contribution is 2.28. The first-order valence-electron chi connectivity index (χ1n) is 5.94. The molecule has 0 bridgehead atoms. The van der Waals surface area contributed by atoms with Gasteiger partial charge in [-0.2, -0.15) is 0 Å². The van der Waals surface area contributed by atoms with Gasteiger partial charge in [0, 0.05) is 34.7 Å². The van der Waals surface area contributed by atoms with Crippen molar-refractivity contribution in [1.82, 2.24) is 4.98 Å². The summed E-state index contributed by atoms with van der Waals surface area (Å²) in [6.45, 7) is 0.666. The summed E-state index contributed by atoms with van der Waals surface area (Å²) in [4.78, 5) is 15.0. The van der Waals surface area contributed by atoms with Crippen molar-refractivity contribution in [1.29, 1.82) is 0 Å². The van der Waals surface area contributed by atoms with E-state index in [1.165, 1.54) is 0 Å². The van der Waals surface area contributed by atoms with E-state index in [-0.39, 0.29) is 5.91 Å². The summed E-state index contributed by atoms with van der Waals surface area (Å²) in [5.41, 5.74) is 13.4. The number of nitrogens with two attached hydrogens (primary N) is 2. The predicted octanol–water partition coefficient (Wildman–Crippen LogP) is 2.26. The summed E-state index contributed by atoms with van der Waals surface area (Å²) in [6, 6.07) is 5.67. The Morgan fingerprint density at radius 3 is 2.95 bits per heavy atom. The number of fused-ring (bicyclic) bond motifs is 1. The first kappa shape index (κ1) is 13.6. The number of nitrogen functional groups attached to an aromatic ring is 1. The van der Waals surface area contributed by atoms with Gasteiger partial charge in [0.2, 0.25) is 5.91 Å². The van der Waals surface area contributed by atoms with E-state index in [2.05, 4.69) is 26.2 Å². The third-order valence-corrected chi connectivity index (χ3v) is 3.20. The van der Waals surface area contributed by atoms with Crippen LogP contribution in [-0.2, 0) is 4.79 Å². The van der Waals surface area contributed by atoms with Crippen LogP contribution in [0.15, 0.2) is 28.9 Å². The topological polar surface area (TPSA) is 94.0 Å². The van der Waals surface area contributed by atoms with Gasteiger partial charge in [0.15, 0.2) is 0 Å². The molecule has 0 atom stereocenters. The normalized spacial score (nSPS) is 10.6. The minimum absolute atomic E-state index is 0.286. The second-order valence-electron chi connectivity index (χ2n) is 4.25. The second-order valence-corrected chi connectivity index (χ2v) is 5.16. The molecule has 2 rings (SSSR count). The standard InChI is InChI=1S/C13H15BrN4O/c14-8-6-9-10(15)3-4-11(13(9)18-7-8)17-5-1-2-12(16)19/h3-4,6-7,17H,1-2,5,15H2,(H2,16,19). The quantitative estimate of drug-likeness (QED) is 0.581. The summed E-state index contributed by atoms with van der Waals surface area (Å²) >= 11 is 3.38. The molecule has 5 N–H and O–H groups in total. The highest BCUT2D eigenvalue weighted by molar-refractivity contribution is 9.10. The minimum Gasteiger partial charge on any atom is -0.398 e. The van der Waals surface area contributed by atoms with Crippen LogP contribution in [0.3, 0.4) is 0 Å². The molecule has 0 radical (unpaired) electrons. The van der Waals surface area contributed by atoms with Crippen LogP contribution < -0.4 is 16.8 Å². The van der Waals surface area contributed by atoms with Gasteiger partial charge in [-0.25, -0.2) is 0 Å². The highest BCUT2D eigenvalue weighted by atomic mass is 79.9. The summed E-state index contributed by atoms with van der Waals surface area (Å²) in [5.74, 6) is -0.286. The van der Waals surface area contributed by atoms with Gasteiger partial charge in [-0.15, -0.1) is 0 Å². The van der Waals surface area contributed by atoms with Gasteiger partial charge >= 0.3 is 0 Å². The molecule has 0 aliphatic carbocycles. The number of carbonyl (C=O) groups excluding carboxylic acids is 1. The molecule has 0 unspecified atom stereocenters. The Balaban J connectivity index is 2.19. The minimum atomic E-state index is -0.286. The van der Waals surface area contributed by atoms with Gasteiger partial charge in [-0.1, -0.05) is 0 Å². The molecule has 1 aromatic carbocycles. The van der Waals surface area contributed by atoms with Gasteiger partial charge in [0.05, 0.1) is 11.2 Å². The Kier molecular flexibility index (Phi) is 4.21. The number of pyridine rings is 1. The van der Waals surface area contributed by atoms with Crippen molar-refractivity contribution in [2.45, 2.75) is 12.8 Å². The molecule has 1 heterocycles. The summed E-state index contributed by atoms with van der Waals surface area (Å²) in [6.07, 6.45) is 2.80. The Labute approximate surface area is 119 Å². The summed E-state index contributed by atoms with van der Waals surface area (Å²) in [5, 5.41) is 4.15. The van der Waals surface area contributed by atoms with Crippen molar-refractivity contribution in [3.05, 3.63) is 28.9 Å². The lowest BCUT2D eigenvalue weighted by molar-refractivity contribution is -0.118. The van der Waals surface area contributed by atoms with Crippen LogP contribution in [0.4, 0.5) is 11.4 Å². The predicted molar refractivity (Wildman–Crippen MR) is 80.8 cm³/mol. The highest BCUT2D eigenvalue weighted by Gasteiger charge is 2.06. The van der Waals surface area contributed by atoms with Gasteiger partial charge in [-0.3, -0.25) is 9.78 Å². The van der Waals surface area contributed by atoms with Gasteiger partial charge in [0.1, 0.15) is 0 Å². The molecule has 1 amide bonds. The number of benzene rings is 1. The van der Waals surface area contributed by atoms with E-state index in [1.54, 1.807) is 6.20 Å². The molecule has 0 spiro atoms. The molecule has 19 heavy (non-hydrogen) atoms.